The van der Waals surface area contributed by atoms with Gasteiger partial charge in [-0.05, 0) is 42.3 Å². The normalized spacial score (nSPS) is 10.5. The van der Waals surface area contributed by atoms with Crippen LogP contribution < -0.4 is 10.6 Å². The molecule has 0 heterocycles. The lowest BCUT2D eigenvalue weighted by Gasteiger charge is -2.05. The monoisotopic (exact) mass is 286 g/mol. The van der Waals surface area contributed by atoms with Crippen molar-refractivity contribution < 1.29 is 4.79 Å². The van der Waals surface area contributed by atoms with Crippen molar-refractivity contribution in [2.45, 2.75) is 6.92 Å². The largest absolute Gasteiger partial charge is 0.323 e. The summed E-state index contributed by atoms with van der Waals surface area (Å²) >= 11 is 6.01. The van der Waals surface area contributed by atoms with Crippen molar-refractivity contribution in [1.82, 2.24) is 5.32 Å². The maximum Gasteiger partial charge on any atom is 0.323 e. The summed E-state index contributed by atoms with van der Waals surface area (Å²) in [5.74, 6) is 0. The first-order valence-electron chi connectivity index (χ1n) is 6.20. The summed E-state index contributed by atoms with van der Waals surface area (Å²) in [6.45, 7) is 1.97. The second kappa shape index (κ2) is 6.78. The van der Waals surface area contributed by atoms with Gasteiger partial charge in [-0.15, -0.1) is 0 Å². The molecule has 0 bridgehead atoms. The Labute approximate surface area is 123 Å². The van der Waals surface area contributed by atoms with Gasteiger partial charge in [-0.1, -0.05) is 41.9 Å². The lowest BCUT2D eigenvalue weighted by molar-refractivity contribution is 0.255. The maximum absolute atomic E-state index is 11.7. The molecule has 0 atom stereocenters. The van der Waals surface area contributed by atoms with Crippen molar-refractivity contribution >= 4 is 29.4 Å². The van der Waals surface area contributed by atoms with Crippen LogP contribution in [0.3, 0.4) is 0 Å². The van der Waals surface area contributed by atoms with E-state index in [0.29, 0.717) is 5.02 Å². The molecule has 20 heavy (non-hydrogen) atoms. The number of anilines is 1. The molecule has 0 saturated carbocycles. The van der Waals surface area contributed by atoms with Crippen LogP contribution in [0.4, 0.5) is 10.5 Å². The topological polar surface area (TPSA) is 41.1 Å². The molecule has 2 rings (SSSR count). The molecule has 2 amide bonds. The molecule has 0 fully saturated rings. The van der Waals surface area contributed by atoms with E-state index in [1.165, 1.54) is 0 Å². The Morgan fingerprint density at radius 1 is 1.15 bits per heavy atom. The molecule has 0 aliphatic heterocycles. The lowest BCUT2D eigenvalue weighted by Crippen LogP contribution is -2.23. The number of rotatable bonds is 3. The maximum atomic E-state index is 11.7. The molecule has 0 aromatic heterocycles. The number of nitrogens with one attached hydrogen (secondary N) is 2. The summed E-state index contributed by atoms with van der Waals surface area (Å²) in [7, 11) is 0. The van der Waals surface area contributed by atoms with Crippen LogP contribution in [0.2, 0.25) is 5.02 Å². The van der Waals surface area contributed by atoms with Crippen LogP contribution in [0, 0.1) is 6.92 Å². The van der Waals surface area contributed by atoms with Gasteiger partial charge in [0.1, 0.15) is 0 Å². The highest BCUT2D eigenvalue weighted by atomic mass is 35.5. The molecular formula is C16H15ClN2O. The van der Waals surface area contributed by atoms with E-state index in [0.717, 1.165) is 16.8 Å². The Kier molecular flexibility index (Phi) is 4.80. The van der Waals surface area contributed by atoms with Gasteiger partial charge in [0.2, 0.25) is 0 Å². The van der Waals surface area contributed by atoms with Gasteiger partial charge in [-0.3, -0.25) is 0 Å². The fourth-order valence-corrected chi connectivity index (χ4v) is 1.91. The van der Waals surface area contributed by atoms with Gasteiger partial charge in [0.15, 0.2) is 0 Å². The molecule has 0 unspecified atom stereocenters. The third kappa shape index (κ3) is 4.14. The van der Waals surface area contributed by atoms with Crippen molar-refractivity contribution in [3.8, 4) is 0 Å². The van der Waals surface area contributed by atoms with Gasteiger partial charge in [0.05, 0.1) is 0 Å². The number of halogens is 1. The minimum atomic E-state index is -0.293. The fraction of sp³-hybridized carbons (Fsp3) is 0.0625. The molecule has 0 radical (unpaired) electrons. The summed E-state index contributed by atoms with van der Waals surface area (Å²) in [6.07, 6.45) is 3.31. The van der Waals surface area contributed by atoms with Gasteiger partial charge in [-0.25, -0.2) is 4.79 Å². The number of carbonyl (C=O) groups is 1. The minimum Gasteiger partial charge on any atom is -0.314 e. The van der Waals surface area contributed by atoms with Crippen molar-refractivity contribution in [1.29, 1.82) is 0 Å². The van der Waals surface area contributed by atoms with E-state index in [2.05, 4.69) is 10.6 Å². The first-order valence-corrected chi connectivity index (χ1v) is 6.58. The van der Waals surface area contributed by atoms with Crippen LogP contribution in [0.25, 0.3) is 6.08 Å². The van der Waals surface area contributed by atoms with Gasteiger partial charge < -0.3 is 10.6 Å². The van der Waals surface area contributed by atoms with E-state index < -0.39 is 0 Å². The van der Waals surface area contributed by atoms with E-state index in [-0.39, 0.29) is 6.03 Å². The molecule has 0 spiro atoms. The second-order valence-electron chi connectivity index (χ2n) is 4.32. The highest BCUT2D eigenvalue weighted by molar-refractivity contribution is 6.32. The SMILES string of the molecule is Cc1cccc(NC(=O)N/C=C/c2ccccc2Cl)c1. The van der Waals surface area contributed by atoms with Gasteiger partial charge in [0, 0.05) is 16.9 Å². The smallest absolute Gasteiger partial charge is 0.314 e. The van der Waals surface area contributed by atoms with Crippen molar-refractivity contribution in [3.05, 3.63) is 70.9 Å². The predicted molar refractivity (Wildman–Crippen MR) is 83.8 cm³/mol. The number of aryl methyl sites for hydroxylation is 1. The molecular weight excluding hydrogens is 272 g/mol. The van der Waals surface area contributed by atoms with Crippen LogP contribution in [0.5, 0.6) is 0 Å². The molecule has 0 saturated heterocycles. The Hall–Kier alpha value is -2.26. The number of hydrogen-bond acceptors (Lipinski definition) is 1. The van der Waals surface area contributed by atoms with Gasteiger partial charge in [-0.2, -0.15) is 0 Å². The van der Waals surface area contributed by atoms with Crippen LogP contribution in [0.15, 0.2) is 54.7 Å². The summed E-state index contributed by atoms with van der Waals surface area (Å²) in [6, 6.07) is 14.7. The molecule has 4 heteroatoms. The summed E-state index contributed by atoms with van der Waals surface area (Å²) in [5.41, 5.74) is 2.70. The zero-order valence-electron chi connectivity index (χ0n) is 11.1. The average molecular weight is 287 g/mol. The Balaban J connectivity index is 1.91. The molecule has 0 aliphatic carbocycles. The number of amides is 2. The van der Waals surface area contributed by atoms with Crippen molar-refractivity contribution in [2.24, 2.45) is 0 Å². The molecule has 0 aliphatic rings. The van der Waals surface area contributed by atoms with Gasteiger partial charge in [0.25, 0.3) is 0 Å². The Morgan fingerprint density at radius 2 is 1.95 bits per heavy atom. The van der Waals surface area contributed by atoms with Gasteiger partial charge >= 0.3 is 6.03 Å². The predicted octanol–water partition coefficient (Wildman–Crippen LogP) is 4.44. The highest BCUT2D eigenvalue weighted by Crippen LogP contribution is 2.15. The number of carbonyl (C=O) groups excluding carboxylic acids is 1. The zero-order chi connectivity index (χ0) is 14.4. The molecule has 2 N–H and O–H groups in total. The summed E-state index contributed by atoms with van der Waals surface area (Å²) in [4.78, 5) is 11.7. The average Bonchev–Trinajstić information content (AvgIpc) is 2.41. The number of urea groups is 1. The summed E-state index contributed by atoms with van der Waals surface area (Å²) < 4.78 is 0. The highest BCUT2D eigenvalue weighted by Gasteiger charge is 1.99. The lowest BCUT2D eigenvalue weighted by atomic mass is 10.2. The number of hydrogen-bond donors (Lipinski definition) is 2. The van der Waals surface area contributed by atoms with E-state index in [9.17, 15) is 4.79 Å². The number of benzene rings is 2. The van der Waals surface area contributed by atoms with E-state index in [1.54, 1.807) is 18.3 Å². The second-order valence-corrected chi connectivity index (χ2v) is 4.73. The molecule has 102 valence electrons. The van der Waals surface area contributed by atoms with Crippen LogP contribution in [-0.4, -0.2) is 6.03 Å². The quantitative estimate of drug-likeness (QED) is 0.860. The van der Waals surface area contributed by atoms with Crippen molar-refractivity contribution in [2.75, 3.05) is 5.32 Å². The standard InChI is InChI=1S/C16H15ClN2O/c1-12-5-4-7-14(11-12)19-16(20)18-10-9-13-6-2-3-8-15(13)17/h2-11H,1H3,(H2,18,19,20)/b10-9+. The van der Waals surface area contributed by atoms with Crippen LogP contribution in [-0.2, 0) is 0 Å². The summed E-state index contributed by atoms with van der Waals surface area (Å²) in [5, 5.41) is 6.03. The molecule has 3 nitrogen and oxygen atoms in total. The fourth-order valence-electron chi connectivity index (χ4n) is 1.71. The van der Waals surface area contributed by atoms with E-state index in [4.69, 9.17) is 11.6 Å². The molecule has 2 aromatic carbocycles. The van der Waals surface area contributed by atoms with E-state index >= 15 is 0 Å². The van der Waals surface area contributed by atoms with E-state index in [1.807, 2.05) is 49.4 Å². The first kappa shape index (κ1) is 14.2. The third-order valence-corrected chi connectivity index (χ3v) is 3.00. The van der Waals surface area contributed by atoms with Crippen molar-refractivity contribution in [3.63, 3.8) is 0 Å². The third-order valence-electron chi connectivity index (χ3n) is 2.66. The Morgan fingerprint density at radius 3 is 2.70 bits per heavy atom. The molecule has 2 aromatic rings. The zero-order valence-corrected chi connectivity index (χ0v) is 11.8. The minimum absolute atomic E-state index is 0.293. The Bertz CT molecular complexity index is 638. The first-order chi connectivity index (χ1) is 9.65. The van der Waals surface area contributed by atoms with Crippen LogP contribution >= 0.6 is 11.6 Å². The van der Waals surface area contributed by atoms with Crippen LogP contribution in [0.1, 0.15) is 11.1 Å².